The van der Waals surface area contributed by atoms with Crippen LogP contribution in [0.3, 0.4) is 0 Å². The molecule has 1 aromatic heterocycles. The molecule has 10 heteroatoms. The maximum Gasteiger partial charge on any atom is 0.273 e. The van der Waals surface area contributed by atoms with E-state index in [9.17, 15) is 22.0 Å². The molecule has 0 bridgehead atoms. The van der Waals surface area contributed by atoms with Crippen molar-refractivity contribution in [1.29, 1.82) is 0 Å². The fourth-order valence-electron chi connectivity index (χ4n) is 3.08. The Balaban J connectivity index is 2.23. The number of hydrogen-bond donors (Lipinski definition) is 2. The number of hydrogen-bond acceptors (Lipinski definition) is 5. The minimum absolute atomic E-state index is 0.208. The summed E-state index contributed by atoms with van der Waals surface area (Å²) in [7, 11) is 1.22. The van der Waals surface area contributed by atoms with Crippen molar-refractivity contribution in [3.63, 3.8) is 0 Å². The number of sulfonamides is 1. The van der Waals surface area contributed by atoms with Crippen LogP contribution in [0.15, 0.2) is 65.4 Å². The van der Waals surface area contributed by atoms with Crippen molar-refractivity contribution in [3.8, 4) is 11.1 Å². The molecular formula is C22H22F2N4O3S. The second-order valence-electron chi connectivity index (χ2n) is 7.22. The van der Waals surface area contributed by atoms with E-state index < -0.39 is 21.7 Å². The largest absolute Gasteiger partial charge is 0.373 e. The van der Waals surface area contributed by atoms with E-state index >= 15 is 0 Å². The molecular weight excluding hydrogens is 438 g/mol. The van der Waals surface area contributed by atoms with Gasteiger partial charge in [0.1, 0.15) is 23.0 Å². The van der Waals surface area contributed by atoms with Crippen molar-refractivity contribution >= 4 is 32.8 Å². The molecule has 0 aliphatic heterocycles. The van der Waals surface area contributed by atoms with Crippen LogP contribution in [0, 0.1) is 11.6 Å². The molecule has 0 amide bonds. The Kier molecular flexibility index (Phi) is 6.35. The Morgan fingerprint density at radius 3 is 2.34 bits per heavy atom. The van der Waals surface area contributed by atoms with Crippen LogP contribution in [0.1, 0.15) is 0 Å². The Morgan fingerprint density at radius 1 is 1.09 bits per heavy atom. The Hall–Kier alpha value is -3.66. The number of nitrogens with zero attached hydrogens (tertiary/aromatic N) is 2. The van der Waals surface area contributed by atoms with Gasteiger partial charge in [0.15, 0.2) is 0 Å². The number of benzene rings is 2. The molecule has 32 heavy (non-hydrogen) atoms. The van der Waals surface area contributed by atoms with Gasteiger partial charge in [0.05, 0.1) is 0 Å². The summed E-state index contributed by atoms with van der Waals surface area (Å²) >= 11 is 0. The average molecular weight is 461 g/mol. The van der Waals surface area contributed by atoms with Gasteiger partial charge in [-0.05, 0) is 36.4 Å². The fraction of sp³-hybridized carbons (Fsp3) is 0.136. The first-order chi connectivity index (χ1) is 15.0. The number of aryl methyl sites for hydroxylation is 1. The predicted molar refractivity (Wildman–Crippen MR) is 124 cm³/mol. The highest BCUT2D eigenvalue weighted by molar-refractivity contribution is 7.95. The Morgan fingerprint density at radius 2 is 1.75 bits per heavy atom. The molecule has 0 aliphatic rings. The molecule has 0 radical (unpaired) electrons. The van der Waals surface area contributed by atoms with E-state index in [1.807, 2.05) is 0 Å². The summed E-state index contributed by atoms with van der Waals surface area (Å²) in [6, 6.07) is 9.54. The molecule has 0 aliphatic carbocycles. The van der Waals surface area contributed by atoms with Gasteiger partial charge in [-0.3, -0.25) is 9.52 Å². The standard InChI is InChI=1S/C22H22F2N4O3S/c1-5-32(30,31)26-15-9-10-19(25-21-17(23)7-6-8-18(21)24)16(12-15)14-11-20(27(2)3)22(29)28(4)13-14/h5-13,25-26H,1H2,2-4H3. The van der Waals surface area contributed by atoms with Gasteiger partial charge in [0.2, 0.25) is 0 Å². The summed E-state index contributed by atoms with van der Waals surface area (Å²) in [5, 5.41) is 3.51. The van der Waals surface area contributed by atoms with E-state index in [2.05, 4.69) is 16.6 Å². The van der Waals surface area contributed by atoms with Crippen molar-refractivity contribution in [1.82, 2.24) is 4.57 Å². The minimum atomic E-state index is -3.78. The first kappa shape index (κ1) is 23.0. The van der Waals surface area contributed by atoms with Crippen LogP contribution >= 0.6 is 0 Å². The lowest BCUT2D eigenvalue weighted by molar-refractivity contribution is 0.591. The lowest BCUT2D eigenvalue weighted by Crippen LogP contribution is -2.25. The summed E-state index contributed by atoms with van der Waals surface area (Å²) in [6.07, 6.45) is 1.55. The van der Waals surface area contributed by atoms with Crippen molar-refractivity contribution in [2.45, 2.75) is 0 Å². The number of halogens is 2. The monoisotopic (exact) mass is 460 g/mol. The lowest BCUT2D eigenvalue weighted by atomic mass is 10.0. The van der Waals surface area contributed by atoms with Gasteiger partial charge in [0.25, 0.3) is 15.6 Å². The molecule has 0 saturated heterocycles. The molecule has 168 valence electrons. The summed E-state index contributed by atoms with van der Waals surface area (Å²) in [4.78, 5) is 14.1. The van der Waals surface area contributed by atoms with Crippen LogP contribution in [0.4, 0.5) is 31.5 Å². The fourth-order valence-corrected chi connectivity index (χ4v) is 3.61. The summed E-state index contributed by atoms with van der Waals surface area (Å²) in [5.41, 5.74) is 1.23. The van der Waals surface area contributed by atoms with Crippen molar-refractivity contribution in [3.05, 3.63) is 82.6 Å². The van der Waals surface area contributed by atoms with E-state index in [1.54, 1.807) is 38.3 Å². The zero-order valence-corrected chi connectivity index (χ0v) is 18.5. The Labute approximate surface area is 184 Å². The highest BCUT2D eigenvalue weighted by Gasteiger charge is 2.16. The van der Waals surface area contributed by atoms with Gasteiger partial charge in [0, 0.05) is 55.2 Å². The quantitative estimate of drug-likeness (QED) is 0.556. The normalized spacial score (nSPS) is 11.2. The van der Waals surface area contributed by atoms with E-state index in [-0.39, 0.29) is 16.9 Å². The average Bonchev–Trinajstić information content (AvgIpc) is 2.73. The van der Waals surface area contributed by atoms with Gasteiger partial charge in [-0.25, -0.2) is 17.2 Å². The third-order valence-corrected chi connectivity index (χ3v) is 5.64. The number of para-hydroxylation sites is 1. The zero-order valence-electron chi connectivity index (χ0n) is 17.7. The van der Waals surface area contributed by atoms with Gasteiger partial charge < -0.3 is 14.8 Å². The molecule has 0 saturated carbocycles. The van der Waals surface area contributed by atoms with E-state index in [0.717, 1.165) is 17.5 Å². The number of rotatable bonds is 7. The lowest BCUT2D eigenvalue weighted by Gasteiger charge is -2.18. The molecule has 0 spiro atoms. The summed E-state index contributed by atoms with van der Waals surface area (Å²) in [5.74, 6) is -1.58. The summed E-state index contributed by atoms with van der Waals surface area (Å²) in [6.45, 7) is 3.26. The van der Waals surface area contributed by atoms with Crippen LogP contribution in [-0.2, 0) is 17.1 Å². The van der Waals surface area contributed by atoms with E-state index in [4.69, 9.17) is 0 Å². The molecule has 0 unspecified atom stereocenters. The van der Waals surface area contributed by atoms with Crippen LogP contribution in [0.25, 0.3) is 11.1 Å². The molecule has 1 heterocycles. The molecule has 7 nitrogen and oxygen atoms in total. The van der Waals surface area contributed by atoms with Gasteiger partial charge in [-0.2, -0.15) is 0 Å². The van der Waals surface area contributed by atoms with E-state index in [0.29, 0.717) is 22.5 Å². The number of anilines is 4. The minimum Gasteiger partial charge on any atom is -0.373 e. The highest BCUT2D eigenvalue weighted by Crippen LogP contribution is 2.35. The molecule has 0 fully saturated rings. The van der Waals surface area contributed by atoms with Crippen molar-refractivity contribution in [2.24, 2.45) is 7.05 Å². The van der Waals surface area contributed by atoms with Crippen LogP contribution in [0.5, 0.6) is 0 Å². The molecule has 0 atom stereocenters. The smallest absolute Gasteiger partial charge is 0.273 e. The third kappa shape index (κ3) is 4.80. The van der Waals surface area contributed by atoms with Crippen molar-refractivity contribution in [2.75, 3.05) is 29.0 Å². The molecule has 2 aromatic carbocycles. The second kappa shape index (κ2) is 8.83. The van der Waals surface area contributed by atoms with Gasteiger partial charge >= 0.3 is 0 Å². The number of aromatic nitrogens is 1. The number of pyridine rings is 1. The molecule has 3 rings (SSSR count). The summed E-state index contributed by atoms with van der Waals surface area (Å²) < 4.78 is 56.1. The van der Waals surface area contributed by atoms with E-state index in [1.165, 1.54) is 28.8 Å². The zero-order chi connectivity index (χ0) is 23.6. The van der Waals surface area contributed by atoms with Gasteiger partial charge in [-0.1, -0.05) is 12.6 Å². The third-order valence-electron chi connectivity index (χ3n) is 4.68. The second-order valence-corrected chi connectivity index (χ2v) is 8.85. The Bertz CT molecular complexity index is 1330. The van der Waals surface area contributed by atoms with Crippen molar-refractivity contribution < 1.29 is 17.2 Å². The first-order valence-corrected chi connectivity index (χ1v) is 11.0. The number of nitrogens with one attached hydrogen (secondary N) is 2. The van der Waals surface area contributed by atoms with Crippen LogP contribution in [0.2, 0.25) is 0 Å². The van der Waals surface area contributed by atoms with Crippen LogP contribution < -0.4 is 20.5 Å². The predicted octanol–water partition coefficient (Wildman–Crippen LogP) is 4.03. The highest BCUT2D eigenvalue weighted by atomic mass is 32.2. The molecule has 2 N–H and O–H groups in total. The SMILES string of the molecule is C=CS(=O)(=O)Nc1ccc(Nc2c(F)cccc2F)c(-c2cc(N(C)C)c(=O)n(C)c2)c1. The molecule has 3 aromatic rings. The first-order valence-electron chi connectivity index (χ1n) is 9.41. The topological polar surface area (TPSA) is 83.4 Å². The van der Waals surface area contributed by atoms with Crippen LogP contribution in [-0.4, -0.2) is 27.1 Å². The maximum atomic E-state index is 14.2. The maximum absolute atomic E-state index is 14.2. The van der Waals surface area contributed by atoms with Gasteiger partial charge in [-0.15, -0.1) is 0 Å².